The molecule has 114 valence electrons. The molecule has 1 atom stereocenters. The van der Waals surface area contributed by atoms with Crippen molar-refractivity contribution in [2.75, 3.05) is 0 Å². The van der Waals surface area contributed by atoms with Gasteiger partial charge in [0.2, 0.25) is 0 Å². The minimum absolute atomic E-state index is 0.0955. The molecule has 0 aliphatic heterocycles. The summed E-state index contributed by atoms with van der Waals surface area (Å²) < 4.78 is 0. The molecular weight excluding hydrogens is 234 g/mol. The molecule has 0 saturated heterocycles. The normalized spacial score (nSPS) is 29.2. The molecular formula is C17H35NO. The minimum Gasteiger partial charge on any atom is -0.321 e. The van der Waals surface area contributed by atoms with Crippen LogP contribution in [-0.2, 0) is 4.79 Å². The lowest BCUT2D eigenvalue weighted by molar-refractivity contribution is -0.123. The second-order valence-electron chi connectivity index (χ2n) is 5.94. The first-order chi connectivity index (χ1) is 9.06. The lowest BCUT2D eigenvalue weighted by Crippen LogP contribution is -2.40. The zero-order chi connectivity index (χ0) is 15.0. The van der Waals surface area contributed by atoms with Gasteiger partial charge in [0.05, 0.1) is 6.04 Å². The molecule has 3 saturated carbocycles. The molecule has 0 aromatic rings. The Kier molecular flexibility index (Phi) is 9.34. The SMILES string of the molecule is CC.CC.CC(C)C(=O)C(N)CC1CC2CC(C2)C1. The third-order valence-electron chi connectivity index (χ3n) is 4.19. The average Bonchev–Trinajstić information content (AvgIpc) is 2.41. The van der Waals surface area contributed by atoms with Crippen molar-refractivity contribution in [2.24, 2.45) is 29.4 Å². The van der Waals surface area contributed by atoms with Crippen molar-refractivity contribution in [1.82, 2.24) is 0 Å². The van der Waals surface area contributed by atoms with E-state index in [1.54, 1.807) is 0 Å². The van der Waals surface area contributed by atoms with E-state index in [1.807, 2.05) is 41.5 Å². The van der Waals surface area contributed by atoms with Gasteiger partial charge >= 0.3 is 0 Å². The number of carbonyl (C=O) groups excluding carboxylic acids is 1. The van der Waals surface area contributed by atoms with Crippen LogP contribution in [0.1, 0.15) is 73.6 Å². The Morgan fingerprint density at radius 3 is 1.79 bits per heavy atom. The van der Waals surface area contributed by atoms with Crippen LogP contribution < -0.4 is 5.73 Å². The van der Waals surface area contributed by atoms with E-state index in [4.69, 9.17) is 5.73 Å². The van der Waals surface area contributed by atoms with E-state index < -0.39 is 0 Å². The number of Topliss-reactive ketones (excluding diaryl/α,β-unsaturated/α-hetero) is 1. The molecule has 3 aliphatic rings. The number of nitrogens with two attached hydrogens (primary N) is 1. The van der Waals surface area contributed by atoms with Crippen molar-refractivity contribution < 1.29 is 4.79 Å². The van der Waals surface area contributed by atoms with Gasteiger partial charge in [-0.3, -0.25) is 4.79 Å². The Balaban J connectivity index is 0.000000741. The van der Waals surface area contributed by atoms with E-state index in [0.717, 1.165) is 24.2 Å². The summed E-state index contributed by atoms with van der Waals surface area (Å²) >= 11 is 0. The van der Waals surface area contributed by atoms with Gasteiger partial charge in [-0.2, -0.15) is 0 Å². The smallest absolute Gasteiger partial charge is 0.152 e. The first-order valence-electron chi connectivity index (χ1n) is 8.35. The lowest BCUT2D eigenvalue weighted by atomic mass is 9.60. The maximum absolute atomic E-state index is 11.7. The first kappa shape index (κ1) is 18.6. The Hall–Kier alpha value is -0.370. The molecule has 3 fully saturated rings. The van der Waals surface area contributed by atoms with Crippen LogP contribution in [0.5, 0.6) is 0 Å². The van der Waals surface area contributed by atoms with E-state index in [0.29, 0.717) is 0 Å². The van der Waals surface area contributed by atoms with Crippen molar-refractivity contribution in [1.29, 1.82) is 0 Å². The molecule has 0 aromatic heterocycles. The van der Waals surface area contributed by atoms with Crippen molar-refractivity contribution in [3.05, 3.63) is 0 Å². The van der Waals surface area contributed by atoms with Crippen LogP contribution >= 0.6 is 0 Å². The second kappa shape index (κ2) is 9.52. The van der Waals surface area contributed by atoms with Gasteiger partial charge in [-0.15, -0.1) is 0 Å². The number of ketones is 1. The average molecular weight is 269 g/mol. The van der Waals surface area contributed by atoms with Crippen molar-refractivity contribution in [3.8, 4) is 0 Å². The van der Waals surface area contributed by atoms with Gasteiger partial charge in [-0.1, -0.05) is 41.5 Å². The maximum atomic E-state index is 11.7. The molecule has 3 rings (SSSR count). The van der Waals surface area contributed by atoms with Crippen molar-refractivity contribution >= 4 is 5.78 Å². The summed E-state index contributed by atoms with van der Waals surface area (Å²) in [6.45, 7) is 11.9. The van der Waals surface area contributed by atoms with Crippen molar-refractivity contribution in [2.45, 2.75) is 79.7 Å². The monoisotopic (exact) mass is 269 g/mol. The second-order valence-corrected chi connectivity index (χ2v) is 5.94. The van der Waals surface area contributed by atoms with E-state index >= 15 is 0 Å². The number of carbonyl (C=O) groups is 1. The van der Waals surface area contributed by atoms with Gasteiger partial charge in [0.15, 0.2) is 5.78 Å². The van der Waals surface area contributed by atoms with E-state index in [9.17, 15) is 4.79 Å². The Morgan fingerprint density at radius 2 is 1.42 bits per heavy atom. The Labute approximate surface area is 120 Å². The standard InChI is InChI=1S/C13H23NO.2C2H6/c1-8(2)13(15)12(14)7-11-5-9-3-10(4-9)6-11;2*1-2/h8-12H,3-7,14H2,1-2H3;2*1-2H3. The summed E-state index contributed by atoms with van der Waals surface area (Å²) in [7, 11) is 0. The van der Waals surface area contributed by atoms with Gasteiger partial charge in [0.25, 0.3) is 0 Å². The van der Waals surface area contributed by atoms with E-state index in [1.165, 1.54) is 25.7 Å². The molecule has 19 heavy (non-hydrogen) atoms. The molecule has 0 spiro atoms. The first-order valence-corrected chi connectivity index (χ1v) is 8.35. The molecule has 0 heterocycles. The minimum atomic E-state index is -0.201. The summed E-state index contributed by atoms with van der Waals surface area (Å²) in [6.07, 6.45) is 6.49. The van der Waals surface area contributed by atoms with Gasteiger partial charge < -0.3 is 5.73 Å². The maximum Gasteiger partial charge on any atom is 0.152 e. The highest BCUT2D eigenvalue weighted by molar-refractivity contribution is 5.85. The fourth-order valence-electron chi connectivity index (χ4n) is 3.39. The highest BCUT2D eigenvalue weighted by atomic mass is 16.1. The Morgan fingerprint density at radius 1 is 1.00 bits per heavy atom. The van der Waals surface area contributed by atoms with E-state index in [2.05, 4.69) is 0 Å². The quantitative estimate of drug-likeness (QED) is 0.821. The molecule has 0 amide bonds. The van der Waals surface area contributed by atoms with Crippen LogP contribution in [-0.4, -0.2) is 11.8 Å². The predicted molar refractivity (Wildman–Crippen MR) is 84.1 cm³/mol. The fourth-order valence-corrected chi connectivity index (χ4v) is 3.39. The molecule has 1 unspecified atom stereocenters. The van der Waals surface area contributed by atoms with Crippen LogP contribution in [0.15, 0.2) is 0 Å². The Bertz CT molecular complexity index is 234. The number of hydrogen-bond donors (Lipinski definition) is 1. The third kappa shape index (κ3) is 5.64. The van der Waals surface area contributed by atoms with Crippen LogP contribution in [0.25, 0.3) is 0 Å². The fraction of sp³-hybridized carbons (Fsp3) is 0.941. The molecule has 2 bridgehead atoms. The molecule has 2 heteroatoms. The molecule has 3 aliphatic carbocycles. The number of rotatable bonds is 4. The van der Waals surface area contributed by atoms with Gasteiger partial charge in [-0.05, 0) is 49.9 Å². The number of hydrogen-bond acceptors (Lipinski definition) is 2. The van der Waals surface area contributed by atoms with Gasteiger partial charge in [0.1, 0.15) is 0 Å². The molecule has 0 radical (unpaired) electrons. The molecule has 0 aromatic carbocycles. The third-order valence-corrected chi connectivity index (χ3v) is 4.19. The van der Waals surface area contributed by atoms with Crippen LogP contribution in [0.3, 0.4) is 0 Å². The summed E-state index contributed by atoms with van der Waals surface area (Å²) in [5.74, 6) is 3.01. The summed E-state index contributed by atoms with van der Waals surface area (Å²) in [4.78, 5) is 11.7. The number of fused-ring (bicyclic) bond motifs is 2. The highest BCUT2D eigenvalue weighted by Crippen LogP contribution is 2.49. The van der Waals surface area contributed by atoms with Crippen LogP contribution in [0.2, 0.25) is 0 Å². The predicted octanol–water partition coefficient (Wildman–Crippen LogP) is 4.42. The van der Waals surface area contributed by atoms with E-state index in [-0.39, 0.29) is 17.7 Å². The molecule has 2 nitrogen and oxygen atoms in total. The summed E-state index contributed by atoms with van der Waals surface area (Å²) in [6, 6.07) is -0.201. The van der Waals surface area contributed by atoms with Crippen molar-refractivity contribution in [3.63, 3.8) is 0 Å². The van der Waals surface area contributed by atoms with Crippen LogP contribution in [0.4, 0.5) is 0 Å². The summed E-state index contributed by atoms with van der Waals surface area (Å²) in [5.41, 5.74) is 5.96. The highest BCUT2D eigenvalue weighted by Gasteiger charge is 2.38. The lowest BCUT2D eigenvalue weighted by Gasteiger charge is -2.45. The zero-order valence-electron chi connectivity index (χ0n) is 13.9. The topological polar surface area (TPSA) is 43.1 Å². The van der Waals surface area contributed by atoms with Gasteiger partial charge in [-0.25, -0.2) is 0 Å². The zero-order valence-corrected chi connectivity index (χ0v) is 13.9. The van der Waals surface area contributed by atoms with Crippen LogP contribution in [0, 0.1) is 23.7 Å². The summed E-state index contributed by atoms with van der Waals surface area (Å²) in [5, 5.41) is 0. The molecule has 2 N–H and O–H groups in total. The largest absolute Gasteiger partial charge is 0.321 e. The van der Waals surface area contributed by atoms with Gasteiger partial charge in [0, 0.05) is 5.92 Å².